The lowest BCUT2D eigenvalue weighted by atomic mass is 10.2. The Morgan fingerprint density at radius 2 is 1.81 bits per heavy atom. The number of amides is 1. The van der Waals surface area contributed by atoms with Crippen LogP contribution in [0.5, 0.6) is 11.5 Å². The number of imidazole rings is 1. The first-order chi connectivity index (χ1) is 20.7. The monoisotopic (exact) mass is 629 g/mol. The third kappa shape index (κ3) is 6.98. The summed E-state index contributed by atoms with van der Waals surface area (Å²) in [5, 5.41) is 1.16. The molecule has 0 fully saturated rings. The molecule has 2 aromatic carbocycles. The predicted octanol–water partition coefficient (Wildman–Crippen LogP) is 4.77. The first-order valence-corrected chi connectivity index (χ1v) is 15.9. The second-order valence-corrected chi connectivity index (χ2v) is 13.1. The van der Waals surface area contributed by atoms with Crippen molar-refractivity contribution in [1.82, 2.24) is 23.1 Å². The van der Waals surface area contributed by atoms with Gasteiger partial charge in [-0.15, -0.1) is 0 Å². The fourth-order valence-electron chi connectivity index (χ4n) is 5.15. The van der Waals surface area contributed by atoms with Crippen LogP contribution < -0.4 is 9.47 Å². The van der Waals surface area contributed by atoms with Gasteiger partial charge in [0.25, 0.3) is 16.1 Å². The summed E-state index contributed by atoms with van der Waals surface area (Å²) in [5.74, 6) is 1.81. The minimum atomic E-state index is -3.67. The van der Waals surface area contributed by atoms with Crippen molar-refractivity contribution in [2.75, 3.05) is 54.0 Å². The van der Waals surface area contributed by atoms with Crippen molar-refractivity contribution in [3.8, 4) is 22.9 Å². The van der Waals surface area contributed by atoms with Gasteiger partial charge in [-0.05, 0) is 43.5 Å². The smallest absolute Gasteiger partial charge is 0.289 e. The van der Waals surface area contributed by atoms with Crippen LogP contribution in [-0.4, -0.2) is 91.4 Å². The van der Waals surface area contributed by atoms with Crippen LogP contribution in [0.3, 0.4) is 0 Å². The molecule has 230 valence electrons. The third-order valence-corrected chi connectivity index (χ3v) is 9.54. The number of furan rings is 1. The number of hydrogen-bond donors (Lipinski definition) is 0. The van der Waals surface area contributed by atoms with E-state index < -0.39 is 10.2 Å². The number of rotatable bonds is 4. The summed E-state index contributed by atoms with van der Waals surface area (Å²) in [7, 11) is 0.882. The van der Waals surface area contributed by atoms with Crippen LogP contribution in [0.1, 0.15) is 29.8 Å². The zero-order valence-electron chi connectivity index (χ0n) is 24.5. The topological polar surface area (TPSA) is 110 Å². The molecule has 0 unspecified atom stereocenters. The largest absolute Gasteiger partial charge is 0.493 e. The summed E-state index contributed by atoms with van der Waals surface area (Å²) in [4.78, 5) is 20.1. The molecule has 2 aromatic heterocycles. The van der Waals surface area contributed by atoms with Crippen LogP contribution in [0.15, 0.2) is 59.3 Å². The second-order valence-electron chi connectivity index (χ2n) is 10.5. The Hall–Kier alpha value is -3.58. The Labute approximate surface area is 256 Å². The highest BCUT2D eigenvalue weighted by Crippen LogP contribution is 2.33. The minimum absolute atomic E-state index is 0.186. The summed E-state index contributed by atoms with van der Waals surface area (Å²) < 4.78 is 48.2. The number of benzene rings is 2. The molecule has 0 spiro atoms. The molecular formula is C30H36ClN5O6S. The lowest BCUT2D eigenvalue weighted by molar-refractivity contribution is 0.0718. The molecule has 1 aliphatic rings. The van der Waals surface area contributed by atoms with E-state index in [2.05, 4.69) is 9.55 Å². The molecule has 0 aliphatic carbocycles. The first-order valence-electron chi connectivity index (χ1n) is 14.2. The van der Waals surface area contributed by atoms with Gasteiger partial charge < -0.3 is 23.4 Å². The lowest BCUT2D eigenvalue weighted by Gasteiger charge is -2.26. The second kappa shape index (κ2) is 13.4. The minimum Gasteiger partial charge on any atom is -0.493 e. The van der Waals surface area contributed by atoms with Crippen molar-refractivity contribution in [2.45, 2.75) is 25.8 Å². The van der Waals surface area contributed by atoms with Crippen molar-refractivity contribution in [1.29, 1.82) is 0 Å². The number of hydrogen-bond acceptors (Lipinski definition) is 7. The Kier molecular flexibility index (Phi) is 9.60. The highest BCUT2D eigenvalue weighted by atomic mass is 35.5. The van der Waals surface area contributed by atoms with Crippen LogP contribution in [0.4, 0.5) is 0 Å². The number of methoxy groups -OCH3 is 1. The molecular weight excluding hydrogens is 594 g/mol. The molecule has 1 aliphatic heterocycles. The molecule has 43 heavy (non-hydrogen) atoms. The zero-order valence-corrected chi connectivity index (χ0v) is 26.1. The molecule has 0 N–H and O–H groups in total. The van der Waals surface area contributed by atoms with E-state index in [0.717, 1.165) is 11.4 Å². The molecule has 11 nitrogen and oxygen atoms in total. The summed E-state index contributed by atoms with van der Waals surface area (Å²) in [6.07, 6.45) is 5.49. The normalized spacial score (nSPS) is 16.1. The number of ether oxygens (including phenoxy) is 2. The Balaban J connectivity index is 1.42. The van der Waals surface area contributed by atoms with Gasteiger partial charge in [-0.2, -0.15) is 17.0 Å². The van der Waals surface area contributed by atoms with Gasteiger partial charge in [-0.25, -0.2) is 4.98 Å². The van der Waals surface area contributed by atoms with Crippen LogP contribution in [0.25, 0.3) is 22.4 Å². The highest BCUT2D eigenvalue weighted by Gasteiger charge is 2.25. The molecule has 0 radical (unpaired) electrons. The van der Waals surface area contributed by atoms with E-state index in [1.165, 1.54) is 29.8 Å². The molecule has 4 aromatic rings. The highest BCUT2D eigenvalue weighted by molar-refractivity contribution is 7.86. The number of nitrogens with zero attached hydrogens (tertiary/aromatic N) is 5. The molecule has 0 saturated carbocycles. The van der Waals surface area contributed by atoms with Crippen LogP contribution in [0.2, 0.25) is 5.02 Å². The number of halogens is 1. The maximum Gasteiger partial charge on any atom is 0.289 e. The first kappa shape index (κ1) is 30.9. The molecule has 5 rings (SSSR count). The standard InChI is InChI=1S/C30H36ClN5O6S/c1-33(2)43(38,39)36-14-5-4-11-35(30(37)27-20-23-18-24(31)21-26(40-3)28(23)42-27)13-7-12-34-15-10-32-29(34)22-8-6-9-25(19-22)41-17-16-36/h6,8-10,15,18-21H,4-5,7,11-14,16-17H2,1-3H3. The fourth-order valence-corrected chi connectivity index (χ4v) is 6.49. The molecule has 0 saturated heterocycles. The predicted molar refractivity (Wildman–Crippen MR) is 165 cm³/mol. The van der Waals surface area contributed by atoms with E-state index in [0.29, 0.717) is 72.9 Å². The van der Waals surface area contributed by atoms with Gasteiger partial charge >= 0.3 is 0 Å². The molecule has 13 heteroatoms. The SMILES string of the molecule is COc1cc(Cl)cc2cc(C(=O)N3CCCCN(S(=O)(=O)N(C)C)CCOc4cccc(c4)-c4nccn4CCC3)oc12. The van der Waals surface area contributed by atoms with Gasteiger partial charge in [0.05, 0.1) is 7.11 Å². The van der Waals surface area contributed by atoms with Crippen molar-refractivity contribution in [2.24, 2.45) is 0 Å². The number of carbonyl (C=O) groups is 1. The lowest BCUT2D eigenvalue weighted by Crippen LogP contribution is -2.42. The van der Waals surface area contributed by atoms with Crippen molar-refractivity contribution < 1.29 is 27.1 Å². The number of carbonyl (C=O) groups excluding carboxylic acids is 1. The number of aryl methyl sites for hydroxylation is 1. The van der Waals surface area contributed by atoms with Gasteiger partial charge in [0.15, 0.2) is 17.1 Å². The van der Waals surface area contributed by atoms with Crippen LogP contribution in [-0.2, 0) is 16.8 Å². The van der Waals surface area contributed by atoms with Crippen molar-refractivity contribution in [3.63, 3.8) is 0 Å². The van der Waals surface area contributed by atoms with E-state index in [9.17, 15) is 13.2 Å². The van der Waals surface area contributed by atoms with E-state index in [1.807, 2.05) is 30.5 Å². The van der Waals surface area contributed by atoms with Crippen molar-refractivity contribution in [3.05, 3.63) is 65.6 Å². The van der Waals surface area contributed by atoms with Gasteiger partial charge in [-0.1, -0.05) is 23.7 Å². The van der Waals surface area contributed by atoms with Gasteiger partial charge in [0.1, 0.15) is 18.2 Å². The van der Waals surface area contributed by atoms with Crippen LogP contribution in [0, 0.1) is 0 Å². The third-order valence-electron chi connectivity index (χ3n) is 7.38. The summed E-state index contributed by atoms with van der Waals surface area (Å²) in [6.45, 7) is 2.21. The average molecular weight is 630 g/mol. The number of aromatic nitrogens is 2. The Morgan fingerprint density at radius 1 is 1.02 bits per heavy atom. The Morgan fingerprint density at radius 3 is 2.60 bits per heavy atom. The van der Waals surface area contributed by atoms with E-state index in [1.54, 1.807) is 29.3 Å². The summed E-state index contributed by atoms with van der Waals surface area (Å²) in [6, 6.07) is 12.7. The van der Waals surface area contributed by atoms with E-state index in [-0.39, 0.29) is 24.8 Å². The van der Waals surface area contributed by atoms with Gasteiger partial charge in [0, 0.05) is 81.3 Å². The molecule has 2 bridgehead atoms. The van der Waals surface area contributed by atoms with Gasteiger partial charge in [0.2, 0.25) is 0 Å². The molecule has 1 amide bonds. The molecule has 3 heterocycles. The summed E-state index contributed by atoms with van der Waals surface area (Å²) >= 11 is 6.23. The van der Waals surface area contributed by atoms with E-state index in [4.69, 9.17) is 25.5 Å². The number of fused-ring (bicyclic) bond motifs is 5. The maximum absolute atomic E-state index is 13.8. The quantitative estimate of drug-likeness (QED) is 0.320. The van der Waals surface area contributed by atoms with Gasteiger partial charge in [-0.3, -0.25) is 4.79 Å². The fraction of sp³-hybridized carbons (Fsp3) is 0.400. The van der Waals surface area contributed by atoms with Crippen molar-refractivity contribution >= 4 is 38.7 Å². The summed E-state index contributed by atoms with van der Waals surface area (Å²) in [5.41, 5.74) is 1.34. The molecule has 0 atom stereocenters. The maximum atomic E-state index is 13.8. The Bertz CT molecular complexity index is 1690. The zero-order chi connectivity index (χ0) is 30.6. The average Bonchev–Trinajstić information content (AvgIpc) is 3.63. The van der Waals surface area contributed by atoms with E-state index >= 15 is 0 Å². The van der Waals surface area contributed by atoms with Crippen LogP contribution >= 0.6 is 11.6 Å².